The lowest BCUT2D eigenvalue weighted by Gasteiger charge is -2.12. The molecule has 0 saturated carbocycles. The largest absolute Gasteiger partial charge is 0.497 e. The van der Waals surface area contributed by atoms with Crippen LogP contribution in [0.25, 0.3) is 0 Å². The van der Waals surface area contributed by atoms with Gasteiger partial charge in [-0.2, -0.15) is 0 Å². The van der Waals surface area contributed by atoms with E-state index in [-0.39, 0.29) is 17.7 Å². The average molecular weight is 388 g/mol. The molecule has 3 aromatic rings. The van der Waals surface area contributed by atoms with Gasteiger partial charge in [-0.25, -0.2) is 0 Å². The van der Waals surface area contributed by atoms with Gasteiger partial charge in [-0.1, -0.05) is 37.3 Å². The fraction of sp³-hybridized carbons (Fsp3) is 0.167. The van der Waals surface area contributed by atoms with Crippen molar-refractivity contribution in [3.63, 3.8) is 0 Å². The van der Waals surface area contributed by atoms with E-state index in [4.69, 9.17) is 4.74 Å². The molecule has 2 amide bonds. The van der Waals surface area contributed by atoms with Crippen LogP contribution in [0.4, 0.5) is 11.4 Å². The summed E-state index contributed by atoms with van der Waals surface area (Å²) in [6, 6.07) is 23.9. The summed E-state index contributed by atoms with van der Waals surface area (Å²) in [7, 11) is 1.59. The van der Waals surface area contributed by atoms with Crippen molar-refractivity contribution in [2.45, 2.75) is 19.3 Å². The molecule has 5 nitrogen and oxygen atoms in total. The summed E-state index contributed by atoms with van der Waals surface area (Å²) in [5.41, 5.74) is 2.99. The van der Waals surface area contributed by atoms with E-state index in [1.807, 2.05) is 37.3 Å². The Morgan fingerprint density at radius 1 is 0.828 bits per heavy atom. The van der Waals surface area contributed by atoms with Gasteiger partial charge in [0.05, 0.1) is 7.11 Å². The van der Waals surface area contributed by atoms with E-state index in [0.29, 0.717) is 23.4 Å². The summed E-state index contributed by atoms with van der Waals surface area (Å²) < 4.78 is 5.11. The van der Waals surface area contributed by atoms with E-state index in [2.05, 4.69) is 10.6 Å². The second-order valence-electron chi connectivity index (χ2n) is 6.82. The lowest BCUT2D eigenvalue weighted by molar-refractivity contribution is -0.116. The summed E-state index contributed by atoms with van der Waals surface area (Å²) in [5, 5.41) is 5.72. The first-order chi connectivity index (χ1) is 14.0. The molecule has 29 heavy (non-hydrogen) atoms. The predicted octanol–water partition coefficient (Wildman–Crippen LogP) is 5.08. The van der Waals surface area contributed by atoms with Crippen LogP contribution in [0, 0.1) is 0 Å². The smallest absolute Gasteiger partial charge is 0.255 e. The lowest BCUT2D eigenvalue weighted by Crippen LogP contribution is -2.15. The maximum Gasteiger partial charge on any atom is 0.255 e. The molecule has 0 radical (unpaired) electrons. The summed E-state index contributed by atoms with van der Waals surface area (Å²) >= 11 is 0. The number of methoxy groups -OCH3 is 1. The minimum absolute atomic E-state index is 0.0585. The molecule has 0 aromatic heterocycles. The molecule has 148 valence electrons. The third-order valence-electron chi connectivity index (χ3n) is 4.64. The zero-order valence-electron chi connectivity index (χ0n) is 16.5. The van der Waals surface area contributed by atoms with Crippen molar-refractivity contribution in [3.05, 3.63) is 90.0 Å². The molecule has 0 aliphatic carbocycles. The fourth-order valence-corrected chi connectivity index (χ4v) is 2.97. The van der Waals surface area contributed by atoms with Gasteiger partial charge < -0.3 is 15.4 Å². The third kappa shape index (κ3) is 5.69. The molecule has 0 bridgehead atoms. The van der Waals surface area contributed by atoms with E-state index >= 15 is 0 Å². The number of amides is 2. The van der Waals surface area contributed by atoms with Crippen molar-refractivity contribution in [1.82, 2.24) is 0 Å². The summed E-state index contributed by atoms with van der Waals surface area (Å²) in [6.45, 7) is 2.03. The van der Waals surface area contributed by atoms with Crippen LogP contribution < -0.4 is 15.4 Å². The van der Waals surface area contributed by atoms with Gasteiger partial charge in [0.15, 0.2) is 0 Å². The van der Waals surface area contributed by atoms with Gasteiger partial charge in [-0.3, -0.25) is 9.59 Å². The number of benzene rings is 3. The summed E-state index contributed by atoms with van der Waals surface area (Å²) in [5.74, 6) is 0.581. The number of hydrogen-bond acceptors (Lipinski definition) is 3. The molecule has 0 fully saturated rings. The Labute approximate surface area is 170 Å². The number of ether oxygens (including phenoxy) is 1. The zero-order valence-corrected chi connectivity index (χ0v) is 16.5. The molecular weight excluding hydrogens is 364 g/mol. The first-order valence-corrected chi connectivity index (χ1v) is 9.45. The van der Waals surface area contributed by atoms with Gasteiger partial charge in [0, 0.05) is 23.4 Å². The van der Waals surface area contributed by atoms with Crippen molar-refractivity contribution >= 4 is 23.2 Å². The van der Waals surface area contributed by atoms with Crippen LogP contribution in [0.5, 0.6) is 5.75 Å². The first kappa shape index (κ1) is 20.1. The van der Waals surface area contributed by atoms with E-state index in [1.165, 1.54) is 0 Å². The van der Waals surface area contributed by atoms with Crippen LogP contribution in [0.2, 0.25) is 0 Å². The molecule has 0 spiro atoms. The number of nitrogens with one attached hydrogen (secondary N) is 2. The highest BCUT2D eigenvalue weighted by Crippen LogP contribution is 2.20. The third-order valence-corrected chi connectivity index (χ3v) is 4.64. The standard InChI is InChI=1S/C24H24N2O3/c1-17(18-6-4-3-5-7-18)16-23(27)25-20-10-8-19(9-11-20)24(28)26-21-12-14-22(29-2)15-13-21/h3-15,17H,16H2,1-2H3,(H,25,27)(H,26,28)/t17-/m0/s1. The molecule has 0 saturated heterocycles. The van der Waals surface area contributed by atoms with E-state index in [9.17, 15) is 9.59 Å². The van der Waals surface area contributed by atoms with Crippen LogP contribution in [0.15, 0.2) is 78.9 Å². The molecular formula is C24H24N2O3. The summed E-state index contributed by atoms with van der Waals surface area (Å²) in [4.78, 5) is 24.7. The SMILES string of the molecule is COc1ccc(NC(=O)c2ccc(NC(=O)C[C@H](C)c3ccccc3)cc2)cc1. The van der Waals surface area contributed by atoms with Crippen LogP contribution in [-0.4, -0.2) is 18.9 Å². The minimum Gasteiger partial charge on any atom is -0.497 e. The van der Waals surface area contributed by atoms with Crippen LogP contribution in [0.1, 0.15) is 35.2 Å². The molecule has 0 unspecified atom stereocenters. The van der Waals surface area contributed by atoms with Crippen molar-refractivity contribution in [2.75, 3.05) is 17.7 Å². The average Bonchev–Trinajstić information content (AvgIpc) is 2.75. The second-order valence-corrected chi connectivity index (χ2v) is 6.82. The van der Waals surface area contributed by atoms with Gasteiger partial charge in [-0.15, -0.1) is 0 Å². The number of hydrogen-bond donors (Lipinski definition) is 2. The molecule has 0 aliphatic rings. The highest BCUT2D eigenvalue weighted by molar-refractivity contribution is 6.04. The maximum absolute atomic E-state index is 12.4. The molecule has 3 aromatic carbocycles. The quantitative estimate of drug-likeness (QED) is 0.593. The van der Waals surface area contributed by atoms with Crippen molar-refractivity contribution < 1.29 is 14.3 Å². The minimum atomic E-state index is -0.217. The van der Waals surface area contributed by atoms with Crippen LogP contribution >= 0.6 is 0 Å². The second kappa shape index (κ2) is 9.55. The van der Waals surface area contributed by atoms with E-state index < -0.39 is 0 Å². The van der Waals surface area contributed by atoms with Gasteiger partial charge in [0.25, 0.3) is 5.91 Å². The number of rotatable bonds is 7. The van der Waals surface area contributed by atoms with Crippen molar-refractivity contribution in [1.29, 1.82) is 0 Å². The monoisotopic (exact) mass is 388 g/mol. The van der Waals surface area contributed by atoms with E-state index in [1.54, 1.807) is 55.6 Å². The molecule has 2 N–H and O–H groups in total. The number of carbonyl (C=O) groups is 2. The highest BCUT2D eigenvalue weighted by atomic mass is 16.5. The molecule has 0 heterocycles. The normalized spacial score (nSPS) is 11.4. The van der Waals surface area contributed by atoms with E-state index in [0.717, 1.165) is 11.3 Å². The summed E-state index contributed by atoms with van der Waals surface area (Å²) in [6.07, 6.45) is 0.393. The Hall–Kier alpha value is -3.60. The van der Waals surface area contributed by atoms with Crippen molar-refractivity contribution in [2.24, 2.45) is 0 Å². The Balaban J connectivity index is 1.55. The molecule has 3 rings (SSSR count). The van der Waals surface area contributed by atoms with Crippen LogP contribution in [-0.2, 0) is 4.79 Å². The highest BCUT2D eigenvalue weighted by Gasteiger charge is 2.12. The predicted molar refractivity (Wildman–Crippen MR) is 115 cm³/mol. The molecule has 1 atom stereocenters. The van der Waals surface area contributed by atoms with Gasteiger partial charge in [0.2, 0.25) is 5.91 Å². The number of anilines is 2. The molecule has 0 aliphatic heterocycles. The van der Waals surface area contributed by atoms with Crippen LogP contribution in [0.3, 0.4) is 0 Å². The maximum atomic E-state index is 12.4. The van der Waals surface area contributed by atoms with Crippen molar-refractivity contribution in [3.8, 4) is 5.75 Å². The first-order valence-electron chi connectivity index (χ1n) is 9.45. The Morgan fingerprint density at radius 3 is 2.03 bits per heavy atom. The number of carbonyl (C=O) groups excluding carboxylic acids is 2. The van der Waals surface area contributed by atoms with Gasteiger partial charge in [-0.05, 0) is 60.0 Å². The fourth-order valence-electron chi connectivity index (χ4n) is 2.97. The van der Waals surface area contributed by atoms with Gasteiger partial charge in [0.1, 0.15) is 5.75 Å². The lowest BCUT2D eigenvalue weighted by atomic mass is 9.97. The Bertz CT molecular complexity index is 952. The Morgan fingerprint density at radius 2 is 1.41 bits per heavy atom. The topological polar surface area (TPSA) is 67.4 Å². The molecule has 5 heteroatoms. The van der Waals surface area contributed by atoms with Gasteiger partial charge >= 0.3 is 0 Å². The Kier molecular flexibility index (Phi) is 6.63. The zero-order chi connectivity index (χ0) is 20.6.